The molecule has 9 aliphatic rings. The van der Waals surface area contributed by atoms with E-state index in [2.05, 4.69) is 20.8 Å². The van der Waals surface area contributed by atoms with E-state index in [0.29, 0.717) is 83.5 Å². The Kier molecular flexibility index (Phi) is 7.72. The standard InChI is InChI=1S/C19H26O3.C19H28O3.CH4/c1-18-6-5-14-12(13(18)2-3-17(18)21)9-16-15-8-11(20)4-7-19(14,15)10-22-16;1-18-7-5-11(20)9-15(18)16(21)10-12-13-3-4-17(22)19(13,2)8-6-14(12)18;/h12-16H,2-10H2,1H3;12-16,21H,3-10H2,1-2H3;1H4/t12-,13-,14?,15?,16+,18-,19-;12-,13-,14?,15?,16?,18+,19-;/m00./s1. The third-order valence-electron chi connectivity index (χ3n) is 16.7. The minimum atomic E-state index is -0.353. The summed E-state index contributed by atoms with van der Waals surface area (Å²) in [6.07, 6.45) is 14.7. The van der Waals surface area contributed by atoms with E-state index in [9.17, 15) is 24.3 Å². The molecule has 0 aromatic carbocycles. The van der Waals surface area contributed by atoms with Crippen molar-refractivity contribution in [1.29, 1.82) is 0 Å². The first-order chi connectivity index (χ1) is 20.9. The Hall–Kier alpha value is -1.40. The fourth-order valence-electron chi connectivity index (χ4n) is 14.2. The number of ketones is 4. The number of aliphatic hydroxyl groups is 1. The van der Waals surface area contributed by atoms with Crippen molar-refractivity contribution in [2.75, 3.05) is 6.61 Å². The number of fused-ring (bicyclic) bond motifs is 8. The third-order valence-corrected chi connectivity index (χ3v) is 16.7. The summed E-state index contributed by atoms with van der Waals surface area (Å²) >= 11 is 0. The zero-order valence-corrected chi connectivity index (χ0v) is 27.3. The Balaban J connectivity index is 0.000000141. The monoisotopic (exact) mass is 622 g/mol. The number of hydrogen-bond donors (Lipinski definition) is 1. The van der Waals surface area contributed by atoms with Crippen LogP contribution in [-0.2, 0) is 23.9 Å². The van der Waals surface area contributed by atoms with Crippen LogP contribution < -0.4 is 0 Å². The lowest BCUT2D eigenvalue weighted by Gasteiger charge is -2.60. The van der Waals surface area contributed by atoms with Crippen LogP contribution in [0.2, 0.25) is 0 Å². The van der Waals surface area contributed by atoms with Crippen molar-refractivity contribution in [3.8, 4) is 0 Å². The zero-order valence-electron chi connectivity index (χ0n) is 27.3. The molecule has 1 saturated heterocycles. The second-order valence-electron chi connectivity index (χ2n) is 17.9. The molecule has 0 amide bonds. The van der Waals surface area contributed by atoms with E-state index >= 15 is 0 Å². The summed E-state index contributed by atoms with van der Waals surface area (Å²) < 4.78 is 6.23. The van der Waals surface area contributed by atoms with Gasteiger partial charge in [0.05, 0.1) is 18.8 Å². The summed E-state index contributed by atoms with van der Waals surface area (Å²) in [5, 5.41) is 10.8. The van der Waals surface area contributed by atoms with Crippen molar-refractivity contribution in [3.63, 3.8) is 0 Å². The highest BCUT2D eigenvalue weighted by atomic mass is 16.5. The lowest BCUT2D eigenvalue weighted by atomic mass is 9.44. The predicted octanol–water partition coefficient (Wildman–Crippen LogP) is 6.93. The van der Waals surface area contributed by atoms with E-state index in [1.54, 1.807) is 0 Å². The maximum absolute atomic E-state index is 12.4. The molecule has 250 valence electrons. The highest BCUT2D eigenvalue weighted by Gasteiger charge is 2.67. The summed E-state index contributed by atoms with van der Waals surface area (Å²) in [5.74, 6) is 5.88. The molecule has 8 aliphatic carbocycles. The van der Waals surface area contributed by atoms with Crippen molar-refractivity contribution in [2.24, 2.45) is 69.0 Å². The van der Waals surface area contributed by atoms with Crippen molar-refractivity contribution >= 4 is 23.1 Å². The first-order valence-electron chi connectivity index (χ1n) is 18.3. The lowest BCUT2D eigenvalue weighted by molar-refractivity contribution is -0.165. The van der Waals surface area contributed by atoms with Gasteiger partial charge in [-0.15, -0.1) is 0 Å². The lowest BCUT2D eigenvalue weighted by Crippen LogP contribution is -2.57. The van der Waals surface area contributed by atoms with E-state index in [0.717, 1.165) is 90.1 Å². The highest BCUT2D eigenvalue weighted by molar-refractivity contribution is 5.88. The number of carbonyl (C=O) groups is 4. The normalized spacial score (nSPS) is 54.3. The van der Waals surface area contributed by atoms with Gasteiger partial charge in [-0.1, -0.05) is 28.2 Å². The van der Waals surface area contributed by atoms with E-state index in [4.69, 9.17) is 4.74 Å². The van der Waals surface area contributed by atoms with Crippen molar-refractivity contribution in [2.45, 2.75) is 143 Å². The van der Waals surface area contributed by atoms with Gasteiger partial charge in [0.1, 0.15) is 23.1 Å². The zero-order chi connectivity index (χ0) is 30.8. The van der Waals surface area contributed by atoms with Crippen LogP contribution in [0.25, 0.3) is 0 Å². The molecule has 1 N–H and O–H groups in total. The maximum atomic E-state index is 12.4. The highest BCUT2D eigenvalue weighted by Crippen LogP contribution is 2.68. The largest absolute Gasteiger partial charge is 0.393 e. The minimum absolute atomic E-state index is 0. The number of aliphatic hydroxyl groups excluding tert-OH is 1. The molecular weight excluding hydrogens is 564 g/mol. The molecule has 1 heterocycles. The molecule has 0 aromatic rings. The van der Waals surface area contributed by atoms with Gasteiger partial charge in [0.15, 0.2) is 0 Å². The quantitative estimate of drug-likeness (QED) is 0.315. The summed E-state index contributed by atoms with van der Waals surface area (Å²) in [6.45, 7) is 7.62. The minimum Gasteiger partial charge on any atom is -0.393 e. The number of carbonyl (C=O) groups excluding carboxylic acids is 4. The number of rotatable bonds is 0. The van der Waals surface area contributed by atoms with Gasteiger partial charge in [-0.2, -0.15) is 0 Å². The number of hydrogen-bond acceptors (Lipinski definition) is 6. The van der Waals surface area contributed by atoms with E-state index in [1.807, 2.05) is 0 Å². The number of Topliss-reactive ketones (excluding diaryl/α,β-unsaturated/α-hetero) is 4. The molecule has 0 radical (unpaired) electrons. The van der Waals surface area contributed by atoms with Crippen LogP contribution >= 0.6 is 0 Å². The van der Waals surface area contributed by atoms with Gasteiger partial charge >= 0.3 is 0 Å². The Morgan fingerprint density at radius 3 is 1.82 bits per heavy atom. The van der Waals surface area contributed by atoms with Crippen molar-refractivity contribution in [3.05, 3.63) is 0 Å². The Morgan fingerprint density at radius 2 is 1.18 bits per heavy atom. The van der Waals surface area contributed by atoms with Crippen LogP contribution in [0.1, 0.15) is 131 Å². The maximum Gasteiger partial charge on any atom is 0.139 e. The van der Waals surface area contributed by atoms with Crippen molar-refractivity contribution in [1.82, 2.24) is 0 Å². The van der Waals surface area contributed by atoms with Crippen LogP contribution in [0.5, 0.6) is 0 Å². The number of ether oxygens (including phenoxy) is 1. The van der Waals surface area contributed by atoms with Crippen LogP contribution in [0.3, 0.4) is 0 Å². The fraction of sp³-hybridized carbons (Fsp3) is 0.897. The first-order valence-corrected chi connectivity index (χ1v) is 18.3. The van der Waals surface area contributed by atoms with Gasteiger partial charge in [0.25, 0.3) is 0 Å². The van der Waals surface area contributed by atoms with Gasteiger partial charge in [-0.05, 0) is 111 Å². The molecule has 8 saturated carbocycles. The second-order valence-corrected chi connectivity index (χ2v) is 17.9. The van der Waals surface area contributed by atoms with Gasteiger partial charge in [-0.3, -0.25) is 19.2 Å². The third kappa shape index (κ3) is 4.38. The van der Waals surface area contributed by atoms with E-state index < -0.39 is 0 Å². The molecule has 0 spiro atoms. The molecule has 5 unspecified atom stereocenters. The topological polar surface area (TPSA) is 97.7 Å². The molecule has 45 heavy (non-hydrogen) atoms. The fourth-order valence-corrected chi connectivity index (χ4v) is 14.2. The Bertz CT molecular complexity index is 1240. The van der Waals surface area contributed by atoms with E-state index in [-0.39, 0.29) is 41.1 Å². The van der Waals surface area contributed by atoms with Gasteiger partial charge in [0.2, 0.25) is 0 Å². The van der Waals surface area contributed by atoms with Crippen LogP contribution in [-0.4, -0.2) is 47.1 Å². The molecule has 9 rings (SSSR count). The SMILES string of the molecule is C.C[C@]12CCC(=O)CC1C(O)C[C@@H]1C2CC[C@]2(C)C(=O)CC[C@@H]12.C[C@]12CCC3[C@@H](C[C@H]4OC[C@@]35CCC(=O)CC45)[C@@H]1CCC2=O. The van der Waals surface area contributed by atoms with E-state index in [1.165, 1.54) is 6.42 Å². The van der Waals surface area contributed by atoms with Gasteiger partial charge in [0, 0.05) is 60.7 Å². The average molecular weight is 623 g/mol. The molecule has 0 aromatic heterocycles. The Morgan fingerprint density at radius 1 is 0.622 bits per heavy atom. The molecule has 6 nitrogen and oxygen atoms in total. The van der Waals surface area contributed by atoms with Crippen LogP contribution in [0, 0.1) is 69.0 Å². The Labute approximate surface area is 270 Å². The first kappa shape index (κ1) is 32.2. The molecule has 2 bridgehead atoms. The smallest absolute Gasteiger partial charge is 0.139 e. The molecule has 9 fully saturated rings. The predicted molar refractivity (Wildman–Crippen MR) is 171 cm³/mol. The summed E-state index contributed by atoms with van der Waals surface area (Å²) in [6, 6.07) is 0. The van der Waals surface area contributed by atoms with Crippen LogP contribution in [0.4, 0.5) is 0 Å². The molecule has 6 heteroatoms. The molecule has 1 aliphatic heterocycles. The van der Waals surface area contributed by atoms with Gasteiger partial charge < -0.3 is 9.84 Å². The summed E-state index contributed by atoms with van der Waals surface area (Å²) in [4.78, 5) is 48.7. The van der Waals surface area contributed by atoms with Gasteiger partial charge in [-0.25, -0.2) is 0 Å². The average Bonchev–Trinajstić information content (AvgIpc) is 3.57. The van der Waals surface area contributed by atoms with Crippen LogP contribution in [0.15, 0.2) is 0 Å². The second kappa shape index (κ2) is 10.8. The molecular formula is C39H58O6. The molecule has 14 atom stereocenters. The summed E-state index contributed by atoms with van der Waals surface area (Å²) in [7, 11) is 0. The summed E-state index contributed by atoms with van der Waals surface area (Å²) in [5.41, 5.74) is 0.195. The van der Waals surface area contributed by atoms with Crippen molar-refractivity contribution < 1.29 is 29.0 Å².